The van der Waals surface area contributed by atoms with Gasteiger partial charge in [0, 0.05) is 25.0 Å². The van der Waals surface area contributed by atoms with Gasteiger partial charge in [0.1, 0.15) is 0 Å². The van der Waals surface area contributed by atoms with Gasteiger partial charge in [-0.05, 0) is 31.9 Å². The Morgan fingerprint density at radius 1 is 1.35 bits per heavy atom. The van der Waals surface area contributed by atoms with Crippen molar-refractivity contribution in [3.63, 3.8) is 0 Å². The zero-order valence-corrected chi connectivity index (χ0v) is 12.9. The first-order chi connectivity index (χ1) is 9.61. The van der Waals surface area contributed by atoms with Gasteiger partial charge in [-0.2, -0.15) is 0 Å². The van der Waals surface area contributed by atoms with Crippen molar-refractivity contribution in [3.05, 3.63) is 35.4 Å². The number of nitrogens with one attached hydrogen (secondary N) is 1. The molecule has 0 saturated carbocycles. The first-order valence-corrected chi connectivity index (χ1v) is 7.70. The number of amides is 1. The van der Waals surface area contributed by atoms with Crippen LogP contribution in [-0.4, -0.2) is 30.4 Å². The summed E-state index contributed by atoms with van der Waals surface area (Å²) < 4.78 is 0. The third-order valence-electron chi connectivity index (χ3n) is 4.13. The van der Waals surface area contributed by atoms with Crippen molar-refractivity contribution in [3.8, 4) is 0 Å². The molecule has 2 rings (SSSR count). The third-order valence-corrected chi connectivity index (χ3v) is 4.13. The number of likely N-dealkylation sites (N-methyl/N-ethyl adjacent to an activating group) is 1. The summed E-state index contributed by atoms with van der Waals surface area (Å²) in [6, 6.07) is 8.84. The molecule has 1 aromatic carbocycles. The van der Waals surface area contributed by atoms with Crippen LogP contribution in [0.2, 0.25) is 0 Å². The van der Waals surface area contributed by atoms with Gasteiger partial charge in [-0.1, -0.05) is 43.7 Å². The first kappa shape index (κ1) is 15.0. The van der Waals surface area contributed by atoms with E-state index in [0.717, 1.165) is 32.5 Å². The molecule has 1 heterocycles. The van der Waals surface area contributed by atoms with Gasteiger partial charge in [0.25, 0.3) is 0 Å². The molecule has 1 amide bonds. The summed E-state index contributed by atoms with van der Waals surface area (Å²) in [5, 5.41) is 3.51. The second-order valence-corrected chi connectivity index (χ2v) is 5.85. The summed E-state index contributed by atoms with van der Waals surface area (Å²) in [7, 11) is 0. The SMILES string of the molecule is CCNC(CN1CCCC(C)C1=O)c1ccc(C)cc1. The van der Waals surface area contributed by atoms with Crippen molar-refractivity contribution in [2.45, 2.75) is 39.7 Å². The van der Waals surface area contributed by atoms with Crippen LogP contribution in [0.4, 0.5) is 0 Å². The fourth-order valence-corrected chi connectivity index (χ4v) is 2.87. The van der Waals surface area contributed by atoms with Gasteiger partial charge < -0.3 is 10.2 Å². The zero-order valence-electron chi connectivity index (χ0n) is 12.9. The lowest BCUT2D eigenvalue weighted by Crippen LogP contribution is -2.44. The van der Waals surface area contributed by atoms with E-state index >= 15 is 0 Å². The molecule has 0 spiro atoms. The Morgan fingerprint density at radius 3 is 2.70 bits per heavy atom. The van der Waals surface area contributed by atoms with Gasteiger partial charge >= 0.3 is 0 Å². The molecule has 2 unspecified atom stereocenters. The summed E-state index contributed by atoms with van der Waals surface area (Å²) >= 11 is 0. The molecule has 1 saturated heterocycles. The normalized spacial score (nSPS) is 21.1. The topological polar surface area (TPSA) is 32.3 Å². The summed E-state index contributed by atoms with van der Waals surface area (Å²) in [4.78, 5) is 14.3. The zero-order chi connectivity index (χ0) is 14.5. The van der Waals surface area contributed by atoms with Crippen LogP contribution in [0.15, 0.2) is 24.3 Å². The average molecular weight is 274 g/mol. The average Bonchev–Trinajstić information content (AvgIpc) is 2.44. The summed E-state index contributed by atoms with van der Waals surface area (Å²) in [5.41, 5.74) is 2.54. The molecule has 1 aliphatic heterocycles. The summed E-state index contributed by atoms with van der Waals surface area (Å²) in [6.45, 7) is 8.85. The van der Waals surface area contributed by atoms with Gasteiger partial charge in [-0.25, -0.2) is 0 Å². The minimum Gasteiger partial charge on any atom is -0.341 e. The molecular weight excluding hydrogens is 248 g/mol. The number of benzene rings is 1. The Kier molecular flexibility index (Phi) is 5.18. The Bertz CT molecular complexity index is 441. The van der Waals surface area contributed by atoms with E-state index in [2.05, 4.69) is 43.4 Å². The van der Waals surface area contributed by atoms with Crippen molar-refractivity contribution >= 4 is 5.91 Å². The fraction of sp³-hybridized carbons (Fsp3) is 0.588. The highest BCUT2D eigenvalue weighted by Gasteiger charge is 2.27. The maximum atomic E-state index is 12.2. The first-order valence-electron chi connectivity index (χ1n) is 7.70. The predicted octanol–water partition coefficient (Wildman–Crippen LogP) is 2.90. The number of nitrogens with zero attached hydrogens (tertiary/aromatic N) is 1. The van der Waals surface area contributed by atoms with Gasteiger partial charge in [0.15, 0.2) is 0 Å². The molecule has 1 aliphatic rings. The minimum atomic E-state index is 0.184. The van der Waals surface area contributed by atoms with Crippen molar-refractivity contribution in [1.82, 2.24) is 10.2 Å². The van der Waals surface area contributed by atoms with Crippen LogP contribution in [0.25, 0.3) is 0 Å². The highest BCUT2D eigenvalue weighted by molar-refractivity contribution is 5.79. The van der Waals surface area contributed by atoms with Gasteiger partial charge in [-0.15, -0.1) is 0 Å². The van der Waals surface area contributed by atoms with Crippen LogP contribution in [0.3, 0.4) is 0 Å². The lowest BCUT2D eigenvalue weighted by atomic mass is 9.97. The van der Waals surface area contributed by atoms with Gasteiger partial charge in [-0.3, -0.25) is 4.79 Å². The number of rotatable bonds is 5. The maximum absolute atomic E-state index is 12.2. The molecule has 3 nitrogen and oxygen atoms in total. The maximum Gasteiger partial charge on any atom is 0.225 e. The number of hydrogen-bond donors (Lipinski definition) is 1. The van der Waals surface area contributed by atoms with Crippen LogP contribution in [0.5, 0.6) is 0 Å². The Hall–Kier alpha value is -1.35. The monoisotopic (exact) mass is 274 g/mol. The van der Waals surface area contributed by atoms with Crippen LogP contribution in [-0.2, 0) is 4.79 Å². The quantitative estimate of drug-likeness (QED) is 0.895. The second-order valence-electron chi connectivity index (χ2n) is 5.85. The van der Waals surface area contributed by atoms with E-state index in [1.807, 2.05) is 11.8 Å². The number of aryl methyl sites for hydroxylation is 1. The Balaban J connectivity index is 2.08. The smallest absolute Gasteiger partial charge is 0.225 e. The number of piperidine rings is 1. The highest BCUT2D eigenvalue weighted by Crippen LogP contribution is 2.21. The van der Waals surface area contributed by atoms with E-state index in [-0.39, 0.29) is 12.0 Å². The Labute approximate surface area is 122 Å². The molecule has 0 aromatic heterocycles. The van der Waals surface area contributed by atoms with Crippen molar-refractivity contribution in [2.75, 3.05) is 19.6 Å². The highest BCUT2D eigenvalue weighted by atomic mass is 16.2. The van der Waals surface area contributed by atoms with E-state index in [4.69, 9.17) is 0 Å². The lowest BCUT2D eigenvalue weighted by molar-refractivity contribution is -0.138. The molecule has 1 N–H and O–H groups in total. The van der Waals surface area contributed by atoms with Crippen LogP contribution >= 0.6 is 0 Å². The number of carbonyl (C=O) groups is 1. The second kappa shape index (κ2) is 6.89. The standard InChI is InChI=1S/C17H26N2O/c1-4-18-16(15-9-7-13(2)8-10-15)12-19-11-5-6-14(3)17(19)20/h7-10,14,16,18H,4-6,11-12H2,1-3H3. The van der Waals surface area contributed by atoms with Gasteiger partial charge in [0.2, 0.25) is 5.91 Å². The van der Waals surface area contributed by atoms with Crippen LogP contribution < -0.4 is 5.32 Å². The van der Waals surface area contributed by atoms with E-state index in [0.29, 0.717) is 5.91 Å². The predicted molar refractivity (Wildman–Crippen MR) is 82.6 cm³/mol. The molecule has 1 aromatic rings. The minimum absolute atomic E-state index is 0.184. The number of likely N-dealkylation sites (tertiary alicyclic amines) is 1. The van der Waals surface area contributed by atoms with Crippen LogP contribution in [0.1, 0.15) is 43.9 Å². The molecule has 0 bridgehead atoms. The molecule has 3 heteroatoms. The molecule has 2 atom stereocenters. The van der Waals surface area contributed by atoms with Crippen molar-refractivity contribution < 1.29 is 4.79 Å². The summed E-state index contributed by atoms with van der Waals surface area (Å²) in [6.07, 6.45) is 2.16. The Morgan fingerprint density at radius 2 is 2.05 bits per heavy atom. The third kappa shape index (κ3) is 3.60. The molecule has 0 aliphatic carbocycles. The molecule has 1 fully saturated rings. The van der Waals surface area contributed by atoms with Crippen molar-refractivity contribution in [1.29, 1.82) is 0 Å². The van der Waals surface area contributed by atoms with E-state index < -0.39 is 0 Å². The number of carbonyl (C=O) groups excluding carboxylic acids is 1. The molecule has 110 valence electrons. The van der Waals surface area contributed by atoms with Crippen molar-refractivity contribution in [2.24, 2.45) is 5.92 Å². The fourth-order valence-electron chi connectivity index (χ4n) is 2.87. The van der Waals surface area contributed by atoms with E-state index in [1.165, 1.54) is 11.1 Å². The summed E-state index contributed by atoms with van der Waals surface area (Å²) in [5.74, 6) is 0.496. The lowest BCUT2D eigenvalue weighted by Gasteiger charge is -2.34. The van der Waals surface area contributed by atoms with E-state index in [9.17, 15) is 4.79 Å². The number of hydrogen-bond acceptors (Lipinski definition) is 2. The van der Waals surface area contributed by atoms with Crippen LogP contribution in [0, 0.1) is 12.8 Å². The van der Waals surface area contributed by atoms with E-state index in [1.54, 1.807) is 0 Å². The molecule has 20 heavy (non-hydrogen) atoms. The van der Waals surface area contributed by atoms with Gasteiger partial charge in [0.05, 0.1) is 0 Å². The largest absolute Gasteiger partial charge is 0.341 e. The molecule has 0 radical (unpaired) electrons. The molecular formula is C17H26N2O.